The van der Waals surface area contributed by atoms with Crippen LogP contribution in [-0.2, 0) is 10.8 Å². The summed E-state index contributed by atoms with van der Waals surface area (Å²) in [6.45, 7) is 0. The standard InChI is InChI=1S/C14H11ClFNO2S/c1-20(19)11-5-2-9(3-6-11)14(18)17-10-4-7-13(16)12(15)8-10/h2-8H,1H3,(H,17,18). The third-order valence-electron chi connectivity index (χ3n) is 2.63. The normalized spacial score (nSPS) is 11.9. The summed E-state index contributed by atoms with van der Waals surface area (Å²) in [6, 6.07) is 10.4. The molecular formula is C14H11ClFNO2S. The number of anilines is 1. The van der Waals surface area contributed by atoms with Crippen molar-refractivity contribution in [1.82, 2.24) is 0 Å². The van der Waals surface area contributed by atoms with Gasteiger partial charge in [-0.05, 0) is 42.5 Å². The SMILES string of the molecule is CS(=O)c1ccc(C(=O)Nc2ccc(F)c(Cl)c2)cc1. The second-order valence-corrected chi connectivity index (χ2v) is 5.85. The highest BCUT2D eigenvalue weighted by Crippen LogP contribution is 2.20. The molecule has 1 atom stereocenters. The molecule has 0 aliphatic carbocycles. The molecule has 20 heavy (non-hydrogen) atoms. The molecule has 2 rings (SSSR count). The monoisotopic (exact) mass is 311 g/mol. The lowest BCUT2D eigenvalue weighted by molar-refractivity contribution is 0.102. The summed E-state index contributed by atoms with van der Waals surface area (Å²) >= 11 is 5.64. The Bertz CT molecular complexity index is 673. The lowest BCUT2D eigenvalue weighted by atomic mass is 10.2. The van der Waals surface area contributed by atoms with Crippen LogP contribution in [0.15, 0.2) is 47.4 Å². The molecule has 0 aliphatic rings. The Morgan fingerprint density at radius 1 is 1.20 bits per heavy atom. The van der Waals surface area contributed by atoms with E-state index in [1.54, 1.807) is 30.5 Å². The van der Waals surface area contributed by atoms with Crippen molar-refractivity contribution in [2.24, 2.45) is 0 Å². The predicted octanol–water partition coefficient (Wildman–Crippen LogP) is 3.47. The van der Waals surface area contributed by atoms with Crippen molar-refractivity contribution >= 4 is 34.0 Å². The van der Waals surface area contributed by atoms with Crippen LogP contribution >= 0.6 is 11.6 Å². The van der Waals surface area contributed by atoms with Gasteiger partial charge in [-0.15, -0.1) is 0 Å². The van der Waals surface area contributed by atoms with Gasteiger partial charge in [0.05, 0.1) is 5.02 Å². The van der Waals surface area contributed by atoms with Crippen LogP contribution in [-0.4, -0.2) is 16.4 Å². The maximum absolute atomic E-state index is 13.0. The van der Waals surface area contributed by atoms with Crippen LogP contribution in [0.2, 0.25) is 5.02 Å². The Morgan fingerprint density at radius 3 is 2.40 bits per heavy atom. The minimum Gasteiger partial charge on any atom is -0.322 e. The minimum absolute atomic E-state index is 0.0560. The Hall–Kier alpha value is -1.72. The van der Waals surface area contributed by atoms with E-state index in [2.05, 4.69) is 5.32 Å². The van der Waals surface area contributed by atoms with Gasteiger partial charge in [0, 0.05) is 33.2 Å². The Morgan fingerprint density at radius 2 is 1.85 bits per heavy atom. The summed E-state index contributed by atoms with van der Waals surface area (Å²) in [7, 11) is -1.08. The lowest BCUT2D eigenvalue weighted by Crippen LogP contribution is -2.11. The van der Waals surface area contributed by atoms with Crippen molar-refractivity contribution in [3.63, 3.8) is 0 Å². The van der Waals surface area contributed by atoms with Gasteiger partial charge < -0.3 is 5.32 Å². The molecule has 0 aliphatic heterocycles. The number of carbonyl (C=O) groups excluding carboxylic acids is 1. The number of hydrogen-bond donors (Lipinski definition) is 1. The zero-order valence-corrected chi connectivity index (χ0v) is 12.1. The molecule has 1 unspecified atom stereocenters. The smallest absolute Gasteiger partial charge is 0.255 e. The van der Waals surface area contributed by atoms with Gasteiger partial charge in [-0.2, -0.15) is 0 Å². The average Bonchev–Trinajstić information content (AvgIpc) is 2.43. The summed E-state index contributed by atoms with van der Waals surface area (Å²) in [4.78, 5) is 12.6. The summed E-state index contributed by atoms with van der Waals surface area (Å²) < 4.78 is 24.3. The summed E-state index contributed by atoms with van der Waals surface area (Å²) in [5.74, 6) is -0.888. The van der Waals surface area contributed by atoms with Crippen LogP contribution in [0.5, 0.6) is 0 Å². The number of carbonyl (C=O) groups is 1. The largest absolute Gasteiger partial charge is 0.322 e. The van der Waals surface area contributed by atoms with Crippen molar-refractivity contribution < 1.29 is 13.4 Å². The molecule has 2 aromatic rings. The summed E-state index contributed by atoms with van der Waals surface area (Å²) in [5.41, 5.74) is 0.823. The van der Waals surface area contributed by atoms with Crippen molar-refractivity contribution in [1.29, 1.82) is 0 Å². The molecule has 2 aromatic carbocycles. The molecular weight excluding hydrogens is 301 g/mol. The number of benzene rings is 2. The van der Waals surface area contributed by atoms with Gasteiger partial charge in [-0.3, -0.25) is 9.00 Å². The maximum Gasteiger partial charge on any atom is 0.255 e. The van der Waals surface area contributed by atoms with E-state index in [0.29, 0.717) is 16.1 Å². The van der Waals surface area contributed by atoms with E-state index in [4.69, 9.17) is 11.6 Å². The van der Waals surface area contributed by atoms with Crippen LogP contribution in [0.25, 0.3) is 0 Å². The molecule has 0 spiro atoms. The molecule has 0 saturated heterocycles. The molecule has 0 aromatic heterocycles. The zero-order valence-electron chi connectivity index (χ0n) is 10.5. The summed E-state index contributed by atoms with van der Waals surface area (Å²) in [5, 5.41) is 2.55. The topological polar surface area (TPSA) is 46.2 Å². The quantitative estimate of drug-likeness (QED) is 0.943. The lowest BCUT2D eigenvalue weighted by Gasteiger charge is -2.06. The van der Waals surface area contributed by atoms with Gasteiger partial charge in [-0.1, -0.05) is 11.6 Å². The fourth-order valence-corrected chi connectivity index (χ4v) is 2.27. The Labute approximate surface area is 123 Å². The first-order chi connectivity index (χ1) is 9.47. The van der Waals surface area contributed by atoms with Crippen molar-refractivity contribution in [3.05, 3.63) is 58.9 Å². The van der Waals surface area contributed by atoms with E-state index in [0.717, 1.165) is 0 Å². The highest BCUT2D eigenvalue weighted by atomic mass is 35.5. The third kappa shape index (κ3) is 3.43. The van der Waals surface area contributed by atoms with Gasteiger partial charge in [-0.25, -0.2) is 4.39 Å². The molecule has 0 saturated carbocycles. The van der Waals surface area contributed by atoms with Gasteiger partial charge in [0.2, 0.25) is 0 Å². The number of hydrogen-bond acceptors (Lipinski definition) is 2. The van der Waals surface area contributed by atoms with Crippen molar-refractivity contribution in [2.75, 3.05) is 11.6 Å². The number of halogens is 2. The Balaban J connectivity index is 2.15. The van der Waals surface area contributed by atoms with E-state index >= 15 is 0 Å². The van der Waals surface area contributed by atoms with Crippen LogP contribution in [0, 0.1) is 5.82 Å². The second-order valence-electron chi connectivity index (χ2n) is 4.06. The average molecular weight is 312 g/mol. The van der Waals surface area contributed by atoms with Gasteiger partial charge in [0.1, 0.15) is 5.82 Å². The molecule has 104 valence electrons. The molecule has 1 amide bonds. The molecule has 0 bridgehead atoms. The molecule has 6 heteroatoms. The molecule has 3 nitrogen and oxygen atoms in total. The molecule has 0 fully saturated rings. The zero-order chi connectivity index (χ0) is 14.7. The second kappa shape index (κ2) is 6.15. The molecule has 0 heterocycles. The predicted molar refractivity (Wildman–Crippen MR) is 78.1 cm³/mol. The first kappa shape index (κ1) is 14.7. The van der Waals surface area contributed by atoms with Crippen LogP contribution < -0.4 is 5.32 Å². The van der Waals surface area contributed by atoms with Gasteiger partial charge in [0.15, 0.2) is 0 Å². The maximum atomic E-state index is 13.0. The molecule has 1 N–H and O–H groups in total. The third-order valence-corrected chi connectivity index (χ3v) is 3.85. The first-order valence-electron chi connectivity index (χ1n) is 5.67. The first-order valence-corrected chi connectivity index (χ1v) is 7.61. The Kier molecular flexibility index (Phi) is 4.52. The van der Waals surface area contributed by atoms with Gasteiger partial charge in [0.25, 0.3) is 5.91 Å². The van der Waals surface area contributed by atoms with E-state index in [-0.39, 0.29) is 10.9 Å². The van der Waals surface area contributed by atoms with Gasteiger partial charge >= 0.3 is 0 Å². The fourth-order valence-electron chi connectivity index (χ4n) is 1.58. The number of amides is 1. The fraction of sp³-hybridized carbons (Fsp3) is 0.0714. The van der Waals surface area contributed by atoms with Crippen LogP contribution in [0.3, 0.4) is 0 Å². The highest BCUT2D eigenvalue weighted by molar-refractivity contribution is 7.84. The number of rotatable bonds is 3. The van der Waals surface area contributed by atoms with E-state index in [1.807, 2.05) is 0 Å². The van der Waals surface area contributed by atoms with E-state index in [1.165, 1.54) is 18.2 Å². The highest BCUT2D eigenvalue weighted by Gasteiger charge is 2.08. The van der Waals surface area contributed by atoms with Crippen LogP contribution in [0.4, 0.5) is 10.1 Å². The van der Waals surface area contributed by atoms with Crippen molar-refractivity contribution in [2.45, 2.75) is 4.90 Å². The number of nitrogens with one attached hydrogen (secondary N) is 1. The molecule has 0 radical (unpaired) electrons. The van der Waals surface area contributed by atoms with E-state index in [9.17, 15) is 13.4 Å². The van der Waals surface area contributed by atoms with E-state index < -0.39 is 16.6 Å². The summed E-state index contributed by atoms with van der Waals surface area (Å²) in [6.07, 6.45) is 1.57. The van der Waals surface area contributed by atoms with Crippen molar-refractivity contribution in [3.8, 4) is 0 Å². The van der Waals surface area contributed by atoms with Crippen LogP contribution in [0.1, 0.15) is 10.4 Å². The minimum atomic E-state index is -1.08.